The molecule has 0 saturated heterocycles. The normalized spacial score (nSPS) is 25.7. The number of sulfonamides is 1. The summed E-state index contributed by atoms with van der Waals surface area (Å²) in [4.78, 5) is 0. The first kappa shape index (κ1) is 17.9. The second-order valence-electron chi connectivity index (χ2n) is 7.35. The topological polar surface area (TPSA) is 58.2 Å². The van der Waals surface area contributed by atoms with Gasteiger partial charge >= 0.3 is 0 Å². The van der Waals surface area contributed by atoms with E-state index in [4.69, 9.17) is 0 Å². The lowest BCUT2D eigenvalue weighted by Crippen LogP contribution is -2.51. The Hall–Kier alpha value is -0.130. The van der Waals surface area contributed by atoms with E-state index in [0.29, 0.717) is 12.6 Å². The molecule has 0 aromatic heterocycles. The molecule has 0 heterocycles. The Bertz CT molecular complexity index is 391. The Morgan fingerprint density at radius 2 is 1.80 bits per heavy atom. The van der Waals surface area contributed by atoms with Gasteiger partial charge in [-0.1, -0.05) is 26.7 Å². The van der Waals surface area contributed by atoms with Gasteiger partial charge < -0.3 is 5.32 Å². The average molecular weight is 305 g/mol. The Morgan fingerprint density at radius 1 is 1.15 bits per heavy atom. The van der Waals surface area contributed by atoms with Crippen LogP contribution in [0.2, 0.25) is 0 Å². The quantitative estimate of drug-likeness (QED) is 0.741. The Labute approximate surface area is 125 Å². The van der Waals surface area contributed by atoms with Crippen LogP contribution in [0.15, 0.2) is 0 Å². The van der Waals surface area contributed by atoms with Crippen LogP contribution in [0.3, 0.4) is 0 Å². The summed E-state index contributed by atoms with van der Waals surface area (Å²) in [5.41, 5.74) is -0.433. The average Bonchev–Trinajstić information content (AvgIpc) is 2.48. The summed E-state index contributed by atoms with van der Waals surface area (Å²) in [6.45, 7) is 9.16. The first-order valence-corrected chi connectivity index (χ1v) is 9.70. The summed E-state index contributed by atoms with van der Waals surface area (Å²) >= 11 is 0. The molecule has 0 amide bonds. The van der Waals surface area contributed by atoms with E-state index in [2.05, 4.69) is 23.9 Å². The molecule has 0 bridgehead atoms. The first-order valence-electron chi connectivity index (χ1n) is 7.81. The second kappa shape index (κ2) is 7.23. The zero-order valence-electron chi connectivity index (χ0n) is 13.7. The molecule has 1 aliphatic rings. The Balaban J connectivity index is 2.42. The molecule has 2 N–H and O–H groups in total. The van der Waals surface area contributed by atoms with Crippen LogP contribution in [-0.2, 0) is 10.0 Å². The van der Waals surface area contributed by atoms with Crippen molar-refractivity contribution in [2.75, 3.05) is 12.8 Å². The molecule has 0 aliphatic heterocycles. The molecule has 120 valence electrons. The lowest BCUT2D eigenvalue weighted by molar-refractivity contribution is 0.332. The van der Waals surface area contributed by atoms with Gasteiger partial charge in [0.15, 0.2) is 0 Å². The number of rotatable bonds is 6. The summed E-state index contributed by atoms with van der Waals surface area (Å²) < 4.78 is 25.4. The maximum atomic E-state index is 11.3. The van der Waals surface area contributed by atoms with Crippen molar-refractivity contribution in [1.29, 1.82) is 0 Å². The Kier molecular flexibility index (Phi) is 6.48. The van der Waals surface area contributed by atoms with E-state index < -0.39 is 15.6 Å². The summed E-state index contributed by atoms with van der Waals surface area (Å²) in [6, 6.07) is 0.527. The van der Waals surface area contributed by atoms with Crippen LogP contribution in [0.1, 0.15) is 59.8 Å². The highest BCUT2D eigenvalue weighted by molar-refractivity contribution is 7.88. The minimum atomic E-state index is -3.15. The van der Waals surface area contributed by atoms with Crippen molar-refractivity contribution >= 4 is 10.0 Å². The van der Waals surface area contributed by atoms with E-state index in [1.165, 1.54) is 38.4 Å². The zero-order chi connectivity index (χ0) is 15.4. The van der Waals surface area contributed by atoms with Crippen molar-refractivity contribution in [3.05, 3.63) is 0 Å². The van der Waals surface area contributed by atoms with Gasteiger partial charge in [-0.2, -0.15) is 0 Å². The van der Waals surface area contributed by atoms with Crippen molar-refractivity contribution in [3.63, 3.8) is 0 Å². The van der Waals surface area contributed by atoms with Crippen molar-refractivity contribution in [3.8, 4) is 0 Å². The van der Waals surface area contributed by atoms with Gasteiger partial charge in [-0.3, -0.25) is 0 Å². The molecule has 0 spiro atoms. The van der Waals surface area contributed by atoms with Crippen LogP contribution in [0, 0.1) is 11.8 Å². The van der Waals surface area contributed by atoms with Crippen LogP contribution in [0.25, 0.3) is 0 Å². The van der Waals surface area contributed by atoms with E-state index in [9.17, 15) is 8.42 Å². The van der Waals surface area contributed by atoms with Gasteiger partial charge in [0.2, 0.25) is 10.0 Å². The zero-order valence-corrected chi connectivity index (χ0v) is 14.5. The third kappa shape index (κ3) is 7.04. The molecule has 2 atom stereocenters. The van der Waals surface area contributed by atoms with Gasteiger partial charge in [0, 0.05) is 18.1 Å². The van der Waals surface area contributed by atoms with Gasteiger partial charge in [-0.15, -0.1) is 0 Å². The summed E-state index contributed by atoms with van der Waals surface area (Å²) in [6.07, 6.45) is 7.53. The number of nitrogens with one attached hydrogen (secondary N) is 2. The number of hydrogen-bond donors (Lipinski definition) is 2. The van der Waals surface area contributed by atoms with Crippen molar-refractivity contribution in [2.45, 2.75) is 71.4 Å². The van der Waals surface area contributed by atoms with E-state index in [-0.39, 0.29) is 0 Å². The predicted molar refractivity (Wildman–Crippen MR) is 85.3 cm³/mol. The molecule has 1 saturated carbocycles. The van der Waals surface area contributed by atoms with Gasteiger partial charge in [0.05, 0.1) is 6.26 Å². The lowest BCUT2D eigenvalue weighted by Gasteiger charge is -2.28. The monoisotopic (exact) mass is 304 g/mol. The van der Waals surface area contributed by atoms with Crippen LogP contribution < -0.4 is 10.0 Å². The van der Waals surface area contributed by atoms with Gasteiger partial charge in [0.1, 0.15) is 0 Å². The van der Waals surface area contributed by atoms with E-state index in [0.717, 1.165) is 11.8 Å². The largest absolute Gasteiger partial charge is 0.312 e. The van der Waals surface area contributed by atoms with E-state index in [1.54, 1.807) is 0 Å². The minimum Gasteiger partial charge on any atom is -0.312 e. The smallest absolute Gasteiger partial charge is 0.209 e. The van der Waals surface area contributed by atoms with Crippen molar-refractivity contribution in [1.82, 2.24) is 10.0 Å². The highest BCUT2D eigenvalue weighted by Gasteiger charge is 2.25. The summed E-state index contributed by atoms with van der Waals surface area (Å²) in [5, 5.41) is 3.56. The van der Waals surface area contributed by atoms with Crippen LogP contribution in [0.4, 0.5) is 0 Å². The van der Waals surface area contributed by atoms with Crippen LogP contribution in [0.5, 0.6) is 0 Å². The molecule has 0 radical (unpaired) electrons. The maximum Gasteiger partial charge on any atom is 0.209 e. The van der Waals surface area contributed by atoms with Crippen molar-refractivity contribution in [2.24, 2.45) is 11.8 Å². The van der Waals surface area contributed by atoms with Crippen molar-refractivity contribution < 1.29 is 8.42 Å². The van der Waals surface area contributed by atoms with E-state index >= 15 is 0 Å². The van der Waals surface area contributed by atoms with Crippen LogP contribution in [-0.4, -0.2) is 32.8 Å². The standard InChI is InChI=1S/C15H32N2O2S/c1-12(2)13-7-6-8-14(10-9-13)16-11-15(3,4)17-20(5,18)19/h12-14,16-17H,6-11H2,1-5H3. The molecule has 0 aromatic carbocycles. The highest BCUT2D eigenvalue weighted by atomic mass is 32.2. The molecule has 2 unspecified atom stereocenters. The van der Waals surface area contributed by atoms with Gasteiger partial charge in [-0.25, -0.2) is 13.1 Å². The third-order valence-electron chi connectivity index (χ3n) is 4.25. The summed E-state index contributed by atoms with van der Waals surface area (Å²) in [5.74, 6) is 1.63. The van der Waals surface area contributed by atoms with Gasteiger partial charge in [-0.05, 0) is 44.9 Å². The molecular weight excluding hydrogens is 272 g/mol. The molecule has 20 heavy (non-hydrogen) atoms. The molecule has 0 aromatic rings. The maximum absolute atomic E-state index is 11.3. The fourth-order valence-corrected chi connectivity index (χ4v) is 4.21. The molecule has 1 aliphatic carbocycles. The molecule has 4 nitrogen and oxygen atoms in total. The fourth-order valence-electron chi connectivity index (χ4n) is 3.14. The number of hydrogen-bond acceptors (Lipinski definition) is 3. The lowest BCUT2D eigenvalue weighted by atomic mass is 9.89. The summed E-state index contributed by atoms with van der Waals surface area (Å²) in [7, 11) is -3.15. The predicted octanol–water partition coefficient (Wildman–Crippen LogP) is 2.51. The van der Waals surface area contributed by atoms with Gasteiger partial charge in [0.25, 0.3) is 0 Å². The van der Waals surface area contributed by atoms with Crippen LogP contribution >= 0.6 is 0 Å². The highest BCUT2D eigenvalue weighted by Crippen LogP contribution is 2.28. The molecular formula is C15H32N2O2S. The molecule has 1 rings (SSSR count). The van der Waals surface area contributed by atoms with E-state index in [1.807, 2.05) is 13.8 Å². The molecule has 5 heteroatoms. The first-order chi connectivity index (χ1) is 9.09. The Morgan fingerprint density at radius 3 is 2.35 bits per heavy atom. The SMILES string of the molecule is CC(C)C1CCCC(NCC(C)(C)NS(C)(=O)=O)CC1. The molecule has 1 fully saturated rings. The fraction of sp³-hybridized carbons (Fsp3) is 1.00. The minimum absolute atomic E-state index is 0.433. The second-order valence-corrected chi connectivity index (χ2v) is 9.10. The third-order valence-corrected chi connectivity index (χ3v) is 5.17.